The predicted octanol–water partition coefficient (Wildman–Crippen LogP) is 5.80. The summed E-state index contributed by atoms with van der Waals surface area (Å²) in [5.41, 5.74) is 3.62. The molecule has 1 N–H and O–H groups in total. The minimum Gasteiger partial charge on any atom is -0.486 e. The molecule has 1 heterocycles. The standard InChI is InChI=1S/C25H23NO3S/c27-25-15-18(16-30-26-25)17-9-11-20(12-10-17)29-24-14-13-22-21(24)7-4-8-23(22)28-19-5-2-1-3-6-19/h1-12,18,24H,13-16H2,(H,26,27)/t18?,24-/m1/s1. The summed E-state index contributed by atoms with van der Waals surface area (Å²) in [6.45, 7) is 0. The Morgan fingerprint density at radius 3 is 2.53 bits per heavy atom. The van der Waals surface area contributed by atoms with E-state index in [0.29, 0.717) is 6.42 Å². The van der Waals surface area contributed by atoms with Crippen molar-refractivity contribution in [3.05, 3.63) is 89.5 Å². The van der Waals surface area contributed by atoms with E-state index in [2.05, 4.69) is 22.9 Å². The molecule has 0 bridgehead atoms. The molecule has 5 rings (SSSR count). The highest BCUT2D eigenvalue weighted by Crippen LogP contribution is 2.41. The summed E-state index contributed by atoms with van der Waals surface area (Å²) in [7, 11) is 0. The lowest BCUT2D eigenvalue weighted by atomic mass is 9.97. The molecule has 30 heavy (non-hydrogen) atoms. The number of carbonyl (C=O) groups is 1. The Kier molecular flexibility index (Phi) is 5.37. The van der Waals surface area contributed by atoms with Gasteiger partial charge in [-0.15, -0.1) is 0 Å². The molecule has 1 aliphatic carbocycles. The van der Waals surface area contributed by atoms with E-state index in [-0.39, 0.29) is 17.9 Å². The summed E-state index contributed by atoms with van der Waals surface area (Å²) < 4.78 is 15.3. The van der Waals surface area contributed by atoms with E-state index >= 15 is 0 Å². The number of ether oxygens (including phenoxy) is 2. The Morgan fingerprint density at radius 2 is 1.73 bits per heavy atom. The smallest absolute Gasteiger partial charge is 0.230 e. The van der Waals surface area contributed by atoms with Crippen LogP contribution in [0.1, 0.15) is 41.6 Å². The van der Waals surface area contributed by atoms with Crippen LogP contribution in [0.25, 0.3) is 0 Å². The molecule has 2 aliphatic rings. The van der Waals surface area contributed by atoms with Crippen molar-refractivity contribution in [1.82, 2.24) is 4.72 Å². The maximum atomic E-state index is 11.6. The lowest BCUT2D eigenvalue weighted by Gasteiger charge is -2.22. The lowest BCUT2D eigenvalue weighted by Crippen LogP contribution is -2.26. The first-order chi connectivity index (χ1) is 14.8. The first-order valence-corrected chi connectivity index (χ1v) is 11.3. The van der Waals surface area contributed by atoms with E-state index in [9.17, 15) is 4.79 Å². The van der Waals surface area contributed by atoms with Gasteiger partial charge in [0, 0.05) is 23.7 Å². The zero-order valence-electron chi connectivity index (χ0n) is 16.5. The van der Waals surface area contributed by atoms with Crippen molar-refractivity contribution in [3.63, 3.8) is 0 Å². The van der Waals surface area contributed by atoms with Gasteiger partial charge in [-0.05, 0) is 66.2 Å². The van der Waals surface area contributed by atoms with Gasteiger partial charge in [-0.25, -0.2) is 0 Å². The number of benzene rings is 3. The number of rotatable bonds is 5. The van der Waals surface area contributed by atoms with E-state index in [1.54, 1.807) is 0 Å². The van der Waals surface area contributed by atoms with Crippen molar-refractivity contribution in [2.45, 2.75) is 31.3 Å². The molecule has 4 nitrogen and oxygen atoms in total. The minimum atomic E-state index is 0.0289. The number of hydrogen-bond donors (Lipinski definition) is 1. The Morgan fingerprint density at radius 1 is 0.900 bits per heavy atom. The average molecular weight is 418 g/mol. The van der Waals surface area contributed by atoms with Crippen LogP contribution >= 0.6 is 11.9 Å². The molecule has 5 heteroatoms. The van der Waals surface area contributed by atoms with Gasteiger partial charge in [0.05, 0.1) is 0 Å². The summed E-state index contributed by atoms with van der Waals surface area (Å²) in [6.07, 6.45) is 2.45. The highest BCUT2D eigenvalue weighted by molar-refractivity contribution is 7.98. The van der Waals surface area contributed by atoms with Crippen LogP contribution in [0.2, 0.25) is 0 Å². The molecular formula is C25H23NO3S. The third-order valence-corrected chi connectivity index (χ3v) is 6.62. The normalized spacial score (nSPS) is 20.3. The summed E-state index contributed by atoms with van der Waals surface area (Å²) in [5, 5.41) is 0. The fraction of sp³-hybridized carbons (Fsp3) is 0.240. The fourth-order valence-electron chi connectivity index (χ4n) is 4.16. The third-order valence-electron chi connectivity index (χ3n) is 5.68. The topological polar surface area (TPSA) is 47.6 Å². The van der Waals surface area contributed by atoms with Gasteiger partial charge in [0.25, 0.3) is 0 Å². The van der Waals surface area contributed by atoms with E-state index in [1.807, 2.05) is 54.6 Å². The molecule has 1 fully saturated rings. The number of nitrogens with one attached hydrogen (secondary N) is 1. The first kappa shape index (κ1) is 19.1. The summed E-state index contributed by atoms with van der Waals surface area (Å²) >= 11 is 1.49. The Bertz CT molecular complexity index is 1040. The SMILES string of the molecule is O=C1CC(c2ccc(O[C@@H]3CCc4c(Oc5ccccc5)cccc43)cc2)CSN1. The predicted molar refractivity (Wildman–Crippen MR) is 119 cm³/mol. The average Bonchev–Trinajstić information content (AvgIpc) is 3.19. The Hall–Kier alpha value is -2.92. The molecule has 1 aliphatic heterocycles. The van der Waals surface area contributed by atoms with Gasteiger partial charge >= 0.3 is 0 Å². The molecule has 0 radical (unpaired) electrons. The van der Waals surface area contributed by atoms with Crippen molar-refractivity contribution >= 4 is 17.9 Å². The molecule has 0 spiro atoms. The number of para-hydroxylation sites is 1. The molecule has 0 aromatic heterocycles. The fourth-order valence-corrected chi connectivity index (χ4v) is 5.00. The molecule has 3 aromatic rings. The maximum absolute atomic E-state index is 11.6. The van der Waals surface area contributed by atoms with Crippen molar-refractivity contribution in [2.24, 2.45) is 0 Å². The van der Waals surface area contributed by atoms with Crippen LogP contribution in [0.15, 0.2) is 72.8 Å². The van der Waals surface area contributed by atoms with Gasteiger partial charge in [-0.2, -0.15) is 0 Å². The van der Waals surface area contributed by atoms with Crippen LogP contribution in [0.4, 0.5) is 0 Å². The van der Waals surface area contributed by atoms with E-state index in [4.69, 9.17) is 9.47 Å². The highest BCUT2D eigenvalue weighted by atomic mass is 32.2. The summed E-state index contributed by atoms with van der Waals surface area (Å²) in [6, 6.07) is 24.3. The molecule has 1 amide bonds. The van der Waals surface area contributed by atoms with E-state index in [0.717, 1.165) is 35.8 Å². The lowest BCUT2D eigenvalue weighted by molar-refractivity contribution is -0.119. The number of amides is 1. The van der Waals surface area contributed by atoms with Crippen molar-refractivity contribution in [2.75, 3.05) is 5.75 Å². The van der Waals surface area contributed by atoms with Crippen molar-refractivity contribution < 1.29 is 14.3 Å². The van der Waals surface area contributed by atoms with Crippen LogP contribution in [0, 0.1) is 0 Å². The van der Waals surface area contributed by atoms with E-state index < -0.39 is 0 Å². The van der Waals surface area contributed by atoms with Crippen LogP contribution in [-0.2, 0) is 11.2 Å². The second-order valence-electron chi connectivity index (χ2n) is 7.69. The summed E-state index contributed by atoms with van der Waals surface area (Å²) in [5.74, 6) is 3.90. The van der Waals surface area contributed by atoms with Crippen LogP contribution < -0.4 is 14.2 Å². The van der Waals surface area contributed by atoms with Crippen molar-refractivity contribution in [3.8, 4) is 17.2 Å². The molecule has 3 aromatic carbocycles. The molecule has 2 atom stereocenters. The number of hydrogen-bond acceptors (Lipinski definition) is 4. The van der Waals surface area contributed by atoms with Crippen LogP contribution in [0.5, 0.6) is 17.2 Å². The molecule has 1 saturated heterocycles. The second-order valence-corrected chi connectivity index (χ2v) is 8.52. The highest BCUT2D eigenvalue weighted by Gasteiger charge is 2.27. The molecule has 0 saturated carbocycles. The van der Waals surface area contributed by atoms with Gasteiger partial charge in [0.15, 0.2) is 0 Å². The first-order valence-electron chi connectivity index (χ1n) is 10.3. The van der Waals surface area contributed by atoms with Gasteiger partial charge < -0.3 is 14.2 Å². The summed E-state index contributed by atoms with van der Waals surface area (Å²) in [4.78, 5) is 11.6. The van der Waals surface area contributed by atoms with Gasteiger partial charge in [-0.1, -0.05) is 42.5 Å². The van der Waals surface area contributed by atoms with Crippen LogP contribution in [-0.4, -0.2) is 11.7 Å². The zero-order chi connectivity index (χ0) is 20.3. The second kappa shape index (κ2) is 8.44. The third kappa shape index (κ3) is 4.03. The van der Waals surface area contributed by atoms with Crippen molar-refractivity contribution in [1.29, 1.82) is 0 Å². The van der Waals surface area contributed by atoms with Gasteiger partial charge in [0.1, 0.15) is 23.4 Å². The Labute approximate surface area is 180 Å². The molecule has 152 valence electrons. The van der Waals surface area contributed by atoms with Gasteiger partial charge in [-0.3, -0.25) is 4.79 Å². The quantitative estimate of drug-likeness (QED) is 0.533. The van der Waals surface area contributed by atoms with E-state index in [1.165, 1.54) is 28.6 Å². The monoisotopic (exact) mass is 417 g/mol. The number of carbonyl (C=O) groups excluding carboxylic acids is 1. The maximum Gasteiger partial charge on any atom is 0.230 e. The zero-order valence-corrected chi connectivity index (χ0v) is 17.4. The molecular weight excluding hydrogens is 394 g/mol. The largest absolute Gasteiger partial charge is 0.486 e. The van der Waals surface area contributed by atoms with Gasteiger partial charge in [0.2, 0.25) is 5.91 Å². The number of fused-ring (bicyclic) bond motifs is 1. The van der Waals surface area contributed by atoms with Crippen LogP contribution in [0.3, 0.4) is 0 Å². The Balaban J connectivity index is 1.30. The molecule has 1 unspecified atom stereocenters. The minimum absolute atomic E-state index is 0.0289.